The molecule has 2 amide bonds. The van der Waals surface area contributed by atoms with Crippen LogP contribution in [0.5, 0.6) is 0 Å². The maximum atomic E-state index is 13.2. The normalized spacial score (nSPS) is 15.3. The predicted octanol–water partition coefficient (Wildman–Crippen LogP) is 3.56. The molecule has 0 aliphatic carbocycles. The lowest BCUT2D eigenvalue weighted by atomic mass is 10.1. The van der Waals surface area contributed by atoms with Crippen LogP contribution in [0.3, 0.4) is 0 Å². The number of nitrogens with zero attached hydrogens (tertiary/aromatic N) is 6. The average molecular weight is 543 g/mol. The largest absolute Gasteiger partial charge is 0.312 e. The molecular formula is C27H23ClN8O3. The summed E-state index contributed by atoms with van der Waals surface area (Å²) in [7, 11) is 0. The van der Waals surface area contributed by atoms with Crippen LogP contribution in [-0.4, -0.2) is 47.9 Å². The molecule has 3 aromatic heterocycles. The second-order valence-corrected chi connectivity index (χ2v) is 9.91. The molecule has 1 aliphatic rings. The van der Waals surface area contributed by atoms with E-state index in [9.17, 15) is 14.4 Å². The van der Waals surface area contributed by atoms with Gasteiger partial charge in [0, 0.05) is 29.7 Å². The average Bonchev–Trinajstić information content (AvgIpc) is 3.62. The molecule has 5 aromatic rings. The maximum absolute atomic E-state index is 13.2. The minimum Gasteiger partial charge on any atom is -0.312 e. The second-order valence-electron chi connectivity index (χ2n) is 9.47. The van der Waals surface area contributed by atoms with Gasteiger partial charge in [0.2, 0.25) is 17.8 Å². The molecule has 6 rings (SSSR count). The minimum atomic E-state index is -0.553. The molecule has 39 heavy (non-hydrogen) atoms. The smallest absolute Gasteiger partial charge is 0.263 e. The number of benzene rings is 2. The molecule has 0 bridgehead atoms. The molecular weight excluding hydrogens is 520 g/mol. The van der Waals surface area contributed by atoms with Crippen LogP contribution in [0, 0.1) is 19.8 Å². The quantitative estimate of drug-likeness (QED) is 0.349. The van der Waals surface area contributed by atoms with Crippen molar-refractivity contribution in [1.29, 1.82) is 0 Å². The summed E-state index contributed by atoms with van der Waals surface area (Å²) in [5.74, 6) is -0.568. The van der Waals surface area contributed by atoms with Crippen molar-refractivity contribution in [3.63, 3.8) is 0 Å². The van der Waals surface area contributed by atoms with E-state index in [0.29, 0.717) is 33.3 Å². The second kappa shape index (κ2) is 9.52. The van der Waals surface area contributed by atoms with Gasteiger partial charge in [-0.25, -0.2) is 4.68 Å². The van der Waals surface area contributed by atoms with Crippen molar-refractivity contribution >= 4 is 46.0 Å². The van der Waals surface area contributed by atoms with Crippen LogP contribution in [0.2, 0.25) is 5.02 Å². The van der Waals surface area contributed by atoms with Gasteiger partial charge in [0.15, 0.2) is 5.65 Å². The molecule has 12 heteroatoms. The number of amides is 2. The first-order valence-corrected chi connectivity index (χ1v) is 12.6. The highest BCUT2D eigenvalue weighted by atomic mass is 35.5. The van der Waals surface area contributed by atoms with Gasteiger partial charge in [-0.1, -0.05) is 29.3 Å². The van der Waals surface area contributed by atoms with Crippen LogP contribution in [-0.2, 0) is 9.59 Å². The van der Waals surface area contributed by atoms with Crippen molar-refractivity contribution in [2.24, 2.45) is 5.92 Å². The van der Waals surface area contributed by atoms with E-state index in [1.807, 2.05) is 31.2 Å². The lowest BCUT2D eigenvalue weighted by Crippen LogP contribution is -2.28. The highest BCUT2D eigenvalue weighted by Crippen LogP contribution is 2.27. The Kier molecular flexibility index (Phi) is 5.99. The molecule has 0 saturated carbocycles. The number of halogens is 1. The van der Waals surface area contributed by atoms with Crippen LogP contribution in [0.1, 0.15) is 17.7 Å². The zero-order chi connectivity index (χ0) is 27.3. The van der Waals surface area contributed by atoms with Gasteiger partial charge in [0.1, 0.15) is 11.2 Å². The Morgan fingerprint density at radius 2 is 1.74 bits per heavy atom. The van der Waals surface area contributed by atoms with E-state index in [0.717, 1.165) is 11.3 Å². The highest BCUT2D eigenvalue weighted by Gasteiger charge is 2.35. The van der Waals surface area contributed by atoms with Crippen molar-refractivity contribution < 1.29 is 9.59 Å². The number of carbonyl (C=O) groups is 2. The molecule has 4 heterocycles. The number of fused-ring (bicyclic) bond motifs is 1. The molecule has 2 aromatic carbocycles. The summed E-state index contributed by atoms with van der Waals surface area (Å²) in [6.45, 7) is 4.00. The van der Waals surface area contributed by atoms with Crippen LogP contribution >= 0.6 is 11.6 Å². The number of aryl methyl sites for hydroxylation is 2. The number of anilines is 2. The van der Waals surface area contributed by atoms with Gasteiger partial charge in [0.25, 0.3) is 5.56 Å². The van der Waals surface area contributed by atoms with E-state index in [4.69, 9.17) is 11.6 Å². The first kappa shape index (κ1) is 24.6. The third-order valence-electron chi connectivity index (χ3n) is 6.62. The summed E-state index contributed by atoms with van der Waals surface area (Å²) in [4.78, 5) is 47.8. The first-order valence-electron chi connectivity index (χ1n) is 12.3. The molecule has 0 spiro atoms. The summed E-state index contributed by atoms with van der Waals surface area (Å²) in [5, 5.41) is 12.5. The van der Waals surface area contributed by atoms with Crippen molar-refractivity contribution in [1.82, 2.24) is 29.5 Å². The third kappa shape index (κ3) is 4.57. The SMILES string of the molecule is Cc1ccc(N2CC(C(=O)Nc3cc(C)nn3-c3nc4c(cnn4-c4ccc(Cl)cc4)c(=O)[nH]3)CC2=O)cc1. The Balaban J connectivity index is 1.30. The number of H-pyrrole nitrogens is 1. The lowest BCUT2D eigenvalue weighted by Gasteiger charge is -2.17. The van der Waals surface area contributed by atoms with Gasteiger partial charge in [0.05, 0.1) is 23.5 Å². The van der Waals surface area contributed by atoms with Gasteiger partial charge in [-0.05, 0) is 50.2 Å². The Labute approximate surface area is 227 Å². The van der Waals surface area contributed by atoms with Gasteiger partial charge in [-0.3, -0.25) is 19.4 Å². The highest BCUT2D eigenvalue weighted by molar-refractivity contribution is 6.30. The number of aromatic nitrogens is 6. The first-order chi connectivity index (χ1) is 18.8. The Bertz CT molecular complexity index is 1790. The van der Waals surface area contributed by atoms with E-state index < -0.39 is 11.5 Å². The Hall–Kier alpha value is -4.77. The van der Waals surface area contributed by atoms with Gasteiger partial charge in [-0.2, -0.15) is 19.9 Å². The summed E-state index contributed by atoms with van der Waals surface area (Å²) in [6, 6.07) is 16.3. The maximum Gasteiger partial charge on any atom is 0.263 e. The van der Waals surface area contributed by atoms with E-state index >= 15 is 0 Å². The third-order valence-corrected chi connectivity index (χ3v) is 6.87. The molecule has 1 fully saturated rings. The summed E-state index contributed by atoms with van der Waals surface area (Å²) in [5.41, 5.74) is 3.03. The topological polar surface area (TPSA) is 131 Å². The van der Waals surface area contributed by atoms with Gasteiger partial charge < -0.3 is 10.2 Å². The van der Waals surface area contributed by atoms with Gasteiger partial charge in [-0.15, -0.1) is 0 Å². The Morgan fingerprint density at radius 1 is 1.03 bits per heavy atom. The monoisotopic (exact) mass is 542 g/mol. The Morgan fingerprint density at radius 3 is 2.49 bits per heavy atom. The summed E-state index contributed by atoms with van der Waals surface area (Å²) < 4.78 is 2.89. The fraction of sp³-hybridized carbons (Fsp3) is 0.185. The number of hydrogen-bond acceptors (Lipinski definition) is 6. The molecule has 1 unspecified atom stereocenters. The fourth-order valence-corrected chi connectivity index (χ4v) is 4.74. The van der Waals surface area contributed by atoms with Crippen LogP contribution in [0.4, 0.5) is 11.5 Å². The van der Waals surface area contributed by atoms with Crippen LogP contribution in [0.25, 0.3) is 22.7 Å². The number of hydrogen-bond donors (Lipinski definition) is 2. The number of aromatic amines is 1. The van der Waals surface area contributed by atoms with Crippen molar-refractivity contribution in [2.75, 3.05) is 16.8 Å². The molecule has 2 N–H and O–H groups in total. The van der Waals surface area contributed by atoms with Crippen molar-refractivity contribution in [2.45, 2.75) is 20.3 Å². The number of carbonyl (C=O) groups excluding carboxylic acids is 2. The molecule has 11 nitrogen and oxygen atoms in total. The minimum absolute atomic E-state index is 0.0914. The molecule has 196 valence electrons. The number of nitrogens with one attached hydrogen (secondary N) is 2. The zero-order valence-electron chi connectivity index (χ0n) is 21.1. The fourth-order valence-electron chi connectivity index (χ4n) is 4.61. The summed E-state index contributed by atoms with van der Waals surface area (Å²) >= 11 is 6.02. The van der Waals surface area contributed by atoms with Crippen molar-refractivity contribution in [3.05, 3.63) is 87.4 Å². The molecule has 1 aliphatic heterocycles. The van der Waals surface area contributed by atoms with Crippen LogP contribution < -0.4 is 15.8 Å². The van der Waals surface area contributed by atoms with E-state index in [1.54, 1.807) is 42.2 Å². The lowest BCUT2D eigenvalue weighted by molar-refractivity contribution is -0.122. The number of rotatable bonds is 5. The molecule has 1 saturated heterocycles. The molecule has 0 radical (unpaired) electrons. The molecule has 1 atom stereocenters. The standard InChI is InChI=1S/C27H23ClN8O3/c1-15-3-7-19(8-4-15)34-14-17(12-23(34)37)25(38)30-22-11-16(2)33-36(22)27-31-24-21(26(39)32-27)13-29-35(24)20-9-5-18(28)6-10-20/h3-11,13,17H,12,14H2,1-2H3,(H,30,38)(H,31,32,39). The van der Waals surface area contributed by atoms with E-state index in [-0.39, 0.29) is 30.7 Å². The van der Waals surface area contributed by atoms with E-state index in [1.165, 1.54) is 15.6 Å². The summed E-state index contributed by atoms with van der Waals surface area (Å²) in [6.07, 6.45) is 1.53. The van der Waals surface area contributed by atoms with Gasteiger partial charge >= 0.3 is 0 Å². The van der Waals surface area contributed by atoms with Crippen molar-refractivity contribution in [3.8, 4) is 11.6 Å². The zero-order valence-corrected chi connectivity index (χ0v) is 21.8. The van der Waals surface area contributed by atoms with Crippen LogP contribution in [0.15, 0.2) is 65.6 Å². The van der Waals surface area contributed by atoms with E-state index in [2.05, 4.69) is 25.5 Å². The predicted molar refractivity (Wildman–Crippen MR) is 147 cm³/mol.